The number of carboxylic acids is 1. The fourth-order valence-corrected chi connectivity index (χ4v) is 1.94. The van der Waals surface area contributed by atoms with Crippen molar-refractivity contribution < 1.29 is 14.3 Å². The lowest BCUT2D eigenvalue weighted by atomic mass is 9.77. The third kappa shape index (κ3) is 3.43. The van der Waals surface area contributed by atoms with E-state index in [-0.39, 0.29) is 17.0 Å². The molecular weight excluding hydrogens is 243 g/mol. The maximum absolute atomic E-state index is 13.6. The van der Waals surface area contributed by atoms with E-state index in [0.29, 0.717) is 0 Å². The van der Waals surface area contributed by atoms with E-state index in [9.17, 15) is 14.3 Å². The number of carbonyl (C=O) groups is 1. The van der Waals surface area contributed by atoms with Gasteiger partial charge in [-0.25, -0.2) is 4.39 Å². The van der Waals surface area contributed by atoms with Gasteiger partial charge in [0.05, 0.1) is 5.92 Å². The minimum absolute atomic E-state index is 0.102. The van der Waals surface area contributed by atoms with Gasteiger partial charge in [0.2, 0.25) is 0 Å². The number of halogens is 2. The quantitative estimate of drug-likeness (QED) is 0.896. The second kappa shape index (κ2) is 5.05. The standard InChI is InChI=1S/C13H16ClFO2/c1-13(2,3)9(12(16)17)7-8-10(14)5-4-6-11(8)15/h4-6,9H,7H2,1-3H3,(H,16,17). The highest BCUT2D eigenvalue weighted by atomic mass is 35.5. The van der Waals surface area contributed by atoms with Crippen LogP contribution in [-0.4, -0.2) is 11.1 Å². The molecule has 1 atom stereocenters. The van der Waals surface area contributed by atoms with Crippen LogP contribution in [0.2, 0.25) is 5.02 Å². The summed E-state index contributed by atoms with van der Waals surface area (Å²) in [5, 5.41) is 9.46. The van der Waals surface area contributed by atoms with Crippen molar-refractivity contribution in [1.29, 1.82) is 0 Å². The molecule has 94 valence electrons. The average Bonchev–Trinajstić information content (AvgIpc) is 2.14. The molecule has 0 saturated heterocycles. The number of rotatable bonds is 3. The fraction of sp³-hybridized carbons (Fsp3) is 0.462. The van der Waals surface area contributed by atoms with Gasteiger partial charge in [0.1, 0.15) is 5.82 Å². The van der Waals surface area contributed by atoms with Gasteiger partial charge in [-0.05, 0) is 24.0 Å². The van der Waals surface area contributed by atoms with Crippen molar-refractivity contribution in [2.45, 2.75) is 27.2 Å². The highest BCUT2D eigenvalue weighted by molar-refractivity contribution is 6.31. The molecule has 0 aliphatic rings. The van der Waals surface area contributed by atoms with E-state index in [1.54, 1.807) is 6.07 Å². The summed E-state index contributed by atoms with van der Waals surface area (Å²) >= 11 is 5.90. The van der Waals surface area contributed by atoms with Crippen LogP contribution < -0.4 is 0 Å². The van der Waals surface area contributed by atoms with E-state index < -0.39 is 23.1 Å². The van der Waals surface area contributed by atoms with Gasteiger partial charge in [-0.15, -0.1) is 0 Å². The van der Waals surface area contributed by atoms with Crippen molar-refractivity contribution >= 4 is 17.6 Å². The minimum atomic E-state index is -0.934. The molecule has 1 unspecified atom stereocenters. The minimum Gasteiger partial charge on any atom is -0.481 e. The van der Waals surface area contributed by atoms with E-state index in [1.165, 1.54) is 12.1 Å². The van der Waals surface area contributed by atoms with Crippen LogP contribution in [0.15, 0.2) is 18.2 Å². The summed E-state index contributed by atoms with van der Waals surface area (Å²) in [6.07, 6.45) is 0.102. The molecule has 17 heavy (non-hydrogen) atoms. The van der Waals surface area contributed by atoms with Crippen molar-refractivity contribution in [2.24, 2.45) is 11.3 Å². The Labute approximate surface area is 105 Å². The summed E-state index contributed by atoms with van der Waals surface area (Å²) in [4.78, 5) is 11.2. The number of hydrogen-bond acceptors (Lipinski definition) is 1. The second-order valence-electron chi connectivity index (χ2n) is 5.16. The summed E-state index contributed by atoms with van der Waals surface area (Å²) in [5.41, 5.74) is -0.172. The second-order valence-corrected chi connectivity index (χ2v) is 5.57. The van der Waals surface area contributed by atoms with Crippen molar-refractivity contribution in [3.63, 3.8) is 0 Å². The number of hydrogen-bond donors (Lipinski definition) is 1. The number of benzene rings is 1. The Kier molecular flexibility index (Phi) is 4.15. The van der Waals surface area contributed by atoms with Crippen LogP contribution in [0.4, 0.5) is 4.39 Å². The summed E-state index contributed by atoms with van der Waals surface area (Å²) in [6, 6.07) is 4.37. The van der Waals surface area contributed by atoms with Crippen LogP contribution in [0.3, 0.4) is 0 Å². The Morgan fingerprint density at radius 2 is 2.06 bits per heavy atom. The molecule has 0 saturated carbocycles. The molecule has 1 rings (SSSR count). The van der Waals surface area contributed by atoms with Gasteiger partial charge in [-0.2, -0.15) is 0 Å². The maximum atomic E-state index is 13.6. The molecule has 0 aromatic heterocycles. The molecule has 1 aromatic carbocycles. The van der Waals surface area contributed by atoms with Crippen molar-refractivity contribution in [1.82, 2.24) is 0 Å². The lowest BCUT2D eigenvalue weighted by Gasteiger charge is -2.27. The first-order valence-electron chi connectivity index (χ1n) is 5.39. The predicted octanol–water partition coefficient (Wildman–Crippen LogP) is 3.77. The van der Waals surface area contributed by atoms with E-state index in [2.05, 4.69) is 0 Å². The Balaban J connectivity index is 3.07. The molecule has 0 amide bonds. The fourth-order valence-electron chi connectivity index (χ4n) is 1.70. The zero-order valence-electron chi connectivity index (χ0n) is 10.1. The third-order valence-electron chi connectivity index (χ3n) is 2.81. The highest BCUT2D eigenvalue weighted by Crippen LogP contribution is 2.32. The lowest BCUT2D eigenvalue weighted by molar-refractivity contribution is -0.145. The van der Waals surface area contributed by atoms with Crippen molar-refractivity contribution in [3.8, 4) is 0 Å². The van der Waals surface area contributed by atoms with Crippen LogP contribution in [0.5, 0.6) is 0 Å². The van der Waals surface area contributed by atoms with Gasteiger partial charge in [0.15, 0.2) is 0 Å². The lowest BCUT2D eigenvalue weighted by Crippen LogP contribution is -2.30. The Bertz CT molecular complexity index is 404. The van der Waals surface area contributed by atoms with Crippen LogP contribution in [0, 0.1) is 17.2 Å². The monoisotopic (exact) mass is 258 g/mol. The zero-order chi connectivity index (χ0) is 13.2. The molecule has 0 heterocycles. The molecular formula is C13H16ClFO2. The molecule has 0 bridgehead atoms. The average molecular weight is 259 g/mol. The maximum Gasteiger partial charge on any atom is 0.307 e. The van der Waals surface area contributed by atoms with Gasteiger partial charge < -0.3 is 5.11 Å². The summed E-state index contributed by atoms with van der Waals surface area (Å²) in [7, 11) is 0. The van der Waals surface area contributed by atoms with E-state index in [4.69, 9.17) is 11.6 Å². The van der Waals surface area contributed by atoms with E-state index in [0.717, 1.165) is 0 Å². The summed E-state index contributed by atoms with van der Waals surface area (Å²) in [6.45, 7) is 5.46. The van der Waals surface area contributed by atoms with Crippen LogP contribution in [0.1, 0.15) is 26.3 Å². The Morgan fingerprint density at radius 3 is 2.47 bits per heavy atom. The topological polar surface area (TPSA) is 37.3 Å². The van der Waals surface area contributed by atoms with E-state index in [1.807, 2.05) is 20.8 Å². The third-order valence-corrected chi connectivity index (χ3v) is 3.17. The molecule has 2 nitrogen and oxygen atoms in total. The molecule has 0 aliphatic carbocycles. The first-order chi connectivity index (χ1) is 7.73. The van der Waals surface area contributed by atoms with Gasteiger partial charge >= 0.3 is 5.97 Å². The Hall–Kier alpha value is -1.09. The molecule has 4 heteroatoms. The van der Waals surface area contributed by atoms with Crippen LogP contribution in [0.25, 0.3) is 0 Å². The number of aliphatic carboxylic acids is 1. The Morgan fingerprint density at radius 1 is 1.47 bits per heavy atom. The molecule has 0 fully saturated rings. The number of carboxylic acid groups (broad SMARTS) is 1. The smallest absolute Gasteiger partial charge is 0.307 e. The SMILES string of the molecule is CC(C)(C)C(Cc1c(F)cccc1Cl)C(=O)O. The zero-order valence-corrected chi connectivity index (χ0v) is 10.9. The normalized spacial score (nSPS) is 13.5. The molecule has 0 radical (unpaired) electrons. The largest absolute Gasteiger partial charge is 0.481 e. The van der Waals surface area contributed by atoms with Gasteiger partial charge in [-0.3, -0.25) is 4.79 Å². The van der Waals surface area contributed by atoms with E-state index >= 15 is 0 Å². The summed E-state index contributed by atoms with van der Waals surface area (Å²) < 4.78 is 13.6. The van der Waals surface area contributed by atoms with Crippen molar-refractivity contribution in [3.05, 3.63) is 34.6 Å². The first kappa shape index (κ1) is 14.0. The van der Waals surface area contributed by atoms with Gasteiger partial charge in [-0.1, -0.05) is 38.4 Å². The van der Waals surface area contributed by atoms with Gasteiger partial charge in [0.25, 0.3) is 0 Å². The van der Waals surface area contributed by atoms with Crippen LogP contribution in [-0.2, 0) is 11.2 Å². The van der Waals surface area contributed by atoms with Gasteiger partial charge in [0, 0.05) is 10.6 Å². The predicted molar refractivity (Wildman–Crippen MR) is 65.7 cm³/mol. The molecule has 1 N–H and O–H groups in total. The first-order valence-corrected chi connectivity index (χ1v) is 5.77. The van der Waals surface area contributed by atoms with Crippen LogP contribution >= 0.6 is 11.6 Å². The highest BCUT2D eigenvalue weighted by Gasteiger charge is 2.32. The summed E-state index contributed by atoms with van der Waals surface area (Å²) in [5.74, 6) is -2.05. The molecule has 0 spiro atoms. The molecule has 0 aliphatic heterocycles. The van der Waals surface area contributed by atoms with Crippen molar-refractivity contribution in [2.75, 3.05) is 0 Å². The molecule has 1 aromatic rings.